The number of imidazole rings is 1. The van der Waals surface area contributed by atoms with Gasteiger partial charge in [-0.1, -0.05) is 49.7 Å². The summed E-state index contributed by atoms with van der Waals surface area (Å²) in [4.78, 5) is 13.9. The highest BCUT2D eigenvalue weighted by Crippen LogP contribution is 2.35. The molecule has 2 aliphatic heterocycles. The Bertz CT molecular complexity index is 1350. The summed E-state index contributed by atoms with van der Waals surface area (Å²) in [6.07, 6.45) is 2.56. The topological polar surface area (TPSA) is 46.4 Å². The van der Waals surface area contributed by atoms with E-state index in [4.69, 9.17) is 21.3 Å². The zero-order chi connectivity index (χ0) is 29.5. The van der Waals surface area contributed by atoms with Gasteiger partial charge in [-0.05, 0) is 62.1 Å². The molecule has 2 saturated heterocycles. The molecule has 41 heavy (non-hydrogen) atoms. The van der Waals surface area contributed by atoms with Crippen molar-refractivity contribution < 1.29 is 13.5 Å². The van der Waals surface area contributed by atoms with Crippen LogP contribution in [-0.4, -0.2) is 58.3 Å². The molecule has 1 unspecified atom stereocenters. The molecule has 2 aromatic heterocycles. The van der Waals surface area contributed by atoms with Crippen molar-refractivity contribution in [2.75, 3.05) is 37.7 Å². The molecule has 6 rings (SSSR count). The van der Waals surface area contributed by atoms with Gasteiger partial charge in [0.05, 0.1) is 11.7 Å². The summed E-state index contributed by atoms with van der Waals surface area (Å²) in [5, 5.41) is 0.440. The van der Waals surface area contributed by atoms with E-state index in [2.05, 4.69) is 21.7 Å². The molecule has 220 valence electrons. The van der Waals surface area contributed by atoms with Gasteiger partial charge in [0, 0.05) is 52.0 Å². The van der Waals surface area contributed by atoms with Gasteiger partial charge >= 0.3 is 0 Å². The van der Waals surface area contributed by atoms with E-state index in [-0.39, 0.29) is 23.7 Å². The quantitative estimate of drug-likeness (QED) is 0.235. The minimum atomic E-state index is -0.274. The molecular formula is C32H40ClF2N5O. The number of hydrogen-bond acceptors (Lipinski definition) is 5. The third-order valence-corrected chi connectivity index (χ3v) is 7.73. The highest BCUT2D eigenvalue weighted by molar-refractivity contribution is 6.30. The molecule has 0 amide bonds. The molecule has 9 heteroatoms. The van der Waals surface area contributed by atoms with Crippen LogP contribution in [0.15, 0.2) is 54.6 Å². The summed E-state index contributed by atoms with van der Waals surface area (Å²) in [6, 6.07) is 15.1. The van der Waals surface area contributed by atoms with Gasteiger partial charge in [0.1, 0.15) is 28.1 Å². The first-order valence-electron chi connectivity index (χ1n) is 14.4. The van der Waals surface area contributed by atoms with Gasteiger partial charge in [-0.25, -0.2) is 18.7 Å². The Morgan fingerprint density at radius 3 is 1.95 bits per heavy atom. The second kappa shape index (κ2) is 14.2. The number of benzene rings is 2. The first kappa shape index (κ1) is 30.9. The zero-order valence-corrected chi connectivity index (χ0v) is 25.3. The SMILES string of the molecule is C1CCOC1.CC.Cc1nc2c(N3CCN(C(c4ccc(F)cc4)c4ccc(F)cc4)CC3C)cc(Cl)nc2n1C. The molecule has 2 aliphatic rings. The highest BCUT2D eigenvalue weighted by Gasteiger charge is 2.32. The molecule has 0 aliphatic carbocycles. The first-order chi connectivity index (χ1) is 19.8. The second-order valence-electron chi connectivity index (χ2n) is 10.2. The number of aryl methyl sites for hydroxylation is 2. The Kier molecular flexibility index (Phi) is 10.7. The third kappa shape index (κ3) is 7.23. The number of fused-ring (bicyclic) bond motifs is 1. The lowest BCUT2D eigenvalue weighted by molar-refractivity contribution is 0.188. The van der Waals surface area contributed by atoms with Crippen LogP contribution in [0.4, 0.5) is 14.5 Å². The van der Waals surface area contributed by atoms with Crippen LogP contribution in [0.25, 0.3) is 11.2 Å². The number of ether oxygens (including phenoxy) is 1. The van der Waals surface area contributed by atoms with Crippen LogP contribution in [0.5, 0.6) is 0 Å². The molecular weight excluding hydrogens is 544 g/mol. The molecule has 6 nitrogen and oxygen atoms in total. The van der Waals surface area contributed by atoms with Crippen molar-refractivity contribution in [3.05, 3.63) is 88.3 Å². The number of hydrogen-bond donors (Lipinski definition) is 0. The standard InChI is InChI=1S/C26H26ClF2N5.C4H8O.C2H6/c1-16-15-33(25(18-4-8-20(28)9-5-18)19-6-10-21(29)11-7-19)12-13-34(16)22-14-23(27)31-26-24(22)30-17(2)32(26)3;1-2-4-5-3-1;1-2/h4-11,14,16,25H,12-13,15H2,1-3H3;1-4H2;1-2H3. The summed E-state index contributed by atoms with van der Waals surface area (Å²) >= 11 is 6.39. The lowest BCUT2D eigenvalue weighted by Gasteiger charge is -2.44. The van der Waals surface area contributed by atoms with Crippen molar-refractivity contribution in [1.29, 1.82) is 0 Å². The van der Waals surface area contributed by atoms with Gasteiger partial charge in [-0.2, -0.15) is 0 Å². The maximum Gasteiger partial charge on any atom is 0.163 e. The summed E-state index contributed by atoms with van der Waals surface area (Å²) in [5.74, 6) is 0.332. The van der Waals surface area contributed by atoms with E-state index in [0.29, 0.717) is 5.15 Å². The number of nitrogens with zero attached hydrogens (tertiary/aromatic N) is 5. The van der Waals surface area contributed by atoms with Crippen LogP contribution in [0, 0.1) is 18.6 Å². The summed E-state index contributed by atoms with van der Waals surface area (Å²) < 4.78 is 34.2. The van der Waals surface area contributed by atoms with Crippen LogP contribution in [0.2, 0.25) is 5.15 Å². The number of anilines is 1. The average molecular weight is 584 g/mol. The van der Waals surface area contributed by atoms with Crippen LogP contribution >= 0.6 is 11.6 Å². The molecule has 0 radical (unpaired) electrons. The van der Waals surface area contributed by atoms with Gasteiger partial charge in [0.2, 0.25) is 0 Å². The smallest absolute Gasteiger partial charge is 0.163 e. The Labute approximate surface area is 246 Å². The monoisotopic (exact) mass is 583 g/mol. The van der Waals surface area contributed by atoms with Gasteiger partial charge in [0.25, 0.3) is 0 Å². The highest BCUT2D eigenvalue weighted by atomic mass is 35.5. The molecule has 2 fully saturated rings. The molecule has 4 aromatic rings. The first-order valence-corrected chi connectivity index (χ1v) is 14.8. The van der Waals surface area contributed by atoms with E-state index in [1.807, 2.05) is 62.7 Å². The predicted molar refractivity (Wildman–Crippen MR) is 163 cm³/mol. The fourth-order valence-corrected chi connectivity index (χ4v) is 5.61. The fraction of sp³-hybridized carbons (Fsp3) is 0.438. The van der Waals surface area contributed by atoms with Crippen molar-refractivity contribution in [2.45, 2.75) is 52.6 Å². The molecule has 0 N–H and O–H groups in total. The summed E-state index contributed by atoms with van der Waals surface area (Å²) in [7, 11) is 1.94. The number of pyridine rings is 1. The molecule has 0 saturated carbocycles. The van der Waals surface area contributed by atoms with E-state index < -0.39 is 0 Å². The minimum Gasteiger partial charge on any atom is -0.381 e. The summed E-state index contributed by atoms with van der Waals surface area (Å²) in [6.45, 7) is 12.4. The Morgan fingerprint density at radius 2 is 1.46 bits per heavy atom. The van der Waals surface area contributed by atoms with Gasteiger partial charge < -0.3 is 14.2 Å². The predicted octanol–water partition coefficient (Wildman–Crippen LogP) is 7.33. The molecule has 2 aromatic carbocycles. The number of halogens is 3. The van der Waals surface area contributed by atoms with Crippen LogP contribution in [-0.2, 0) is 11.8 Å². The van der Waals surface area contributed by atoms with Crippen molar-refractivity contribution in [2.24, 2.45) is 7.05 Å². The maximum absolute atomic E-state index is 13.6. The van der Waals surface area contributed by atoms with Gasteiger partial charge in [-0.3, -0.25) is 4.90 Å². The molecule has 1 atom stereocenters. The molecule has 0 bridgehead atoms. The van der Waals surface area contributed by atoms with Crippen LogP contribution in [0.3, 0.4) is 0 Å². The van der Waals surface area contributed by atoms with Crippen molar-refractivity contribution >= 4 is 28.5 Å². The fourth-order valence-electron chi connectivity index (χ4n) is 5.42. The lowest BCUT2D eigenvalue weighted by atomic mass is 9.95. The third-order valence-electron chi connectivity index (χ3n) is 7.53. The summed E-state index contributed by atoms with van der Waals surface area (Å²) in [5.41, 5.74) is 4.54. The van der Waals surface area contributed by atoms with E-state index in [9.17, 15) is 8.78 Å². The maximum atomic E-state index is 13.6. The molecule has 4 heterocycles. The Morgan fingerprint density at radius 1 is 0.902 bits per heavy atom. The molecule has 0 spiro atoms. The van der Waals surface area contributed by atoms with Crippen molar-refractivity contribution in [3.8, 4) is 0 Å². The number of rotatable bonds is 4. The largest absolute Gasteiger partial charge is 0.381 e. The zero-order valence-electron chi connectivity index (χ0n) is 24.6. The van der Waals surface area contributed by atoms with E-state index >= 15 is 0 Å². The Balaban J connectivity index is 0.000000492. The normalized spacial score (nSPS) is 17.3. The van der Waals surface area contributed by atoms with E-state index in [0.717, 1.165) is 66.7 Å². The van der Waals surface area contributed by atoms with E-state index in [1.54, 1.807) is 0 Å². The lowest BCUT2D eigenvalue weighted by Crippen LogP contribution is -2.53. The van der Waals surface area contributed by atoms with Gasteiger partial charge in [-0.15, -0.1) is 0 Å². The van der Waals surface area contributed by atoms with Crippen molar-refractivity contribution in [1.82, 2.24) is 19.4 Å². The van der Waals surface area contributed by atoms with E-state index in [1.165, 1.54) is 37.1 Å². The number of piperazine rings is 1. The second-order valence-corrected chi connectivity index (χ2v) is 10.6. The van der Waals surface area contributed by atoms with Crippen molar-refractivity contribution in [3.63, 3.8) is 0 Å². The average Bonchev–Trinajstić information content (AvgIpc) is 3.65. The Hall–Kier alpha value is -3.07. The number of aromatic nitrogens is 3. The van der Waals surface area contributed by atoms with Gasteiger partial charge in [0.15, 0.2) is 5.65 Å². The minimum absolute atomic E-state index is 0.107. The van der Waals surface area contributed by atoms with Crippen LogP contribution in [0.1, 0.15) is 56.6 Å². The van der Waals surface area contributed by atoms with Crippen LogP contribution < -0.4 is 4.90 Å².